The fourth-order valence-corrected chi connectivity index (χ4v) is 3.20. The van der Waals surface area contributed by atoms with Crippen LogP contribution in [-0.2, 0) is 0 Å². The third-order valence-electron chi connectivity index (χ3n) is 4.48. The van der Waals surface area contributed by atoms with Crippen LogP contribution in [0.3, 0.4) is 0 Å². The first-order valence-electron chi connectivity index (χ1n) is 8.98. The third-order valence-corrected chi connectivity index (χ3v) is 4.77. The number of aliphatic imine (C=N–C) groups is 1. The first-order valence-corrected chi connectivity index (χ1v) is 9.36. The van der Waals surface area contributed by atoms with Gasteiger partial charge in [-0.05, 0) is 49.2 Å². The van der Waals surface area contributed by atoms with Gasteiger partial charge in [0.25, 0.3) is 5.91 Å². The Bertz CT molecular complexity index is 898. The summed E-state index contributed by atoms with van der Waals surface area (Å²) in [6.45, 7) is 0. The molecule has 1 fully saturated rings. The number of guanidine groups is 1. The van der Waals surface area contributed by atoms with Crippen molar-refractivity contribution in [2.45, 2.75) is 38.1 Å². The van der Waals surface area contributed by atoms with E-state index in [2.05, 4.69) is 15.6 Å². The lowest BCUT2D eigenvalue weighted by molar-refractivity contribution is 0.0976. The number of rotatable bonds is 3. The Morgan fingerprint density at radius 3 is 2.36 bits per heavy atom. The van der Waals surface area contributed by atoms with Crippen LogP contribution in [0.2, 0.25) is 5.02 Å². The highest BCUT2D eigenvalue weighted by Gasteiger charge is 2.17. The Labute approximate surface area is 165 Å². The predicted octanol–water partition coefficient (Wildman–Crippen LogP) is 5.29. The van der Waals surface area contributed by atoms with Gasteiger partial charge in [0.2, 0.25) is 5.96 Å². The van der Waals surface area contributed by atoms with E-state index in [1.54, 1.807) is 0 Å². The molecule has 0 saturated heterocycles. The lowest BCUT2D eigenvalue weighted by Crippen LogP contribution is -2.37. The molecule has 0 atom stereocenters. The highest BCUT2D eigenvalue weighted by molar-refractivity contribution is 6.31. The minimum Gasteiger partial charge on any atom is -0.326 e. The zero-order chi connectivity index (χ0) is 20.1. The van der Waals surface area contributed by atoms with Crippen LogP contribution in [0.25, 0.3) is 0 Å². The number of benzene rings is 2. The zero-order valence-electron chi connectivity index (χ0n) is 14.9. The molecule has 2 aromatic rings. The Kier molecular flexibility index (Phi) is 6.57. The molecule has 1 aliphatic carbocycles. The van der Waals surface area contributed by atoms with Crippen LogP contribution < -0.4 is 10.6 Å². The van der Waals surface area contributed by atoms with E-state index in [9.17, 15) is 18.0 Å². The van der Waals surface area contributed by atoms with E-state index >= 15 is 0 Å². The van der Waals surface area contributed by atoms with E-state index in [-0.39, 0.29) is 22.6 Å². The van der Waals surface area contributed by atoms with Gasteiger partial charge in [-0.25, -0.2) is 18.2 Å². The average Bonchev–Trinajstić information content (AvgIpc) is 2.67. The molecule has 1 aliphatic rings. The number of anilines is 1. The van der Waals surface area contributed by atoms with Gasteiger partial charge in [-0.15, -0.1) is 0 Å². The molecule has 0 spiro atoms. The molecule has 1 amide bonds. The van der Waals surface area contributed by atoms with E-state index in [4.69, 9.17) is 11.6 Å². The van der Waals surface area contributed by atoms with Crippen molar-refractivity contribution in [3.05, 3.63) is 64.4 Å². The molecular weight excluding hydrogens is 391 g/mol. The maximum atomic E-state index is 13.4. The largest absolute Gasteiger partial charge is 0.326 e. The maximum absolute atomic E-state index is 13.4. The van der Waals surface area contributed by atoms with Crippen molar-refractivity contribution < 1.29 is 18.0 Å². The first kappa shape index (κ1) is 20.2. The Morgan fingerprint density at radius 2 is 1.68 bits per heavy atom. The zero-order valence-corrected chi connectivity index (χ0v) is 15.7. The fourth-order valence-electron chi connectivity index (χ4n) is 3.02. The molecule has 0 heterocycles. The van der Waals surface area contributed by atoms with Gasteiger partial charge in [-0.2, -0.15) is 0 Å². The number of carbonyl (C=O) groups is 1. The second kappa shape index (κ2) is 9.10. The van der Waals surface area contributed by atoms with E-state index in [0.717, 1.165) is 44.2 Å². The van der Waals surface area contributed by atoms with Gasteiger partial charge in [0.15, 0.2) is 11.6 Å². The lowest BCUT2D eigenvalue weighted by atomic mass is 9.96. The Hall–Kier alpha value is -2.54. The molecule has 2 N–H and O–H groups in total. The molecule has 3 rings (SSSR count). The normalized spacial score (nSPS) is 15.4. The van der Waals surface area contributed by atoms with Crippen LogP contribution in [-0.4, -0.2) is 17.9 Å². The van der Waals surface area contributed by atoms with Crippen LogP contribution in [0.5, 0.6) is 0 Å². The molecule has 148 valence electrons. The van der Waals surface area contributed by atoms with Gasteiger partial charge < -0.3 is 5.32 Å². The summed E-state index contributed by atoms with van der Waals surface area (Å²) in [6.07, 6.45) is 5.00. The summed E-state index contributed by atoms with van der Waals surface area (Å²) < 4.78 is 39.9. The van der Waals surface area contributed by atoms with E-state index in [1.807, 2.05) is 0 Å². The third kappa shape index (κ3) is 5.25. The number of hydrogen-bond acceptors (Lipinski definition) is 2. The van der Waals surface area contributed by atoms with Gasteiger partial charge in [0.05, 0.1) is 11.1 Å². The van der Waals surface area contributed by atoms with Crippen LogP contribution in [0.4, 0.5) is 18.9 Å². The summed E-state index contributed by atoms with van der Waals surface area (Å²) >= 11 is 5.80. The smallest absolute Gasteiger partial charge is 0.258 e. The van der Waals surface area contributed by atoms with Crippen molar-refractivity contribution in [1.82, 2.24) is 5.32 Å². The lowest BCUT2D eigenvalue weighted by Gasteiger charge is -2.20. The van der Waals surface area contributed by atoms with Crippen molar-refractivity contribution in [2.24, 2.45) is 4.99 Å². The van der Waals surface area contributed by atoms with Gasteiger partial charge in [0.1, 0.15) is 5.82 Å². The van der Waals surface area contributed by atoms with Crippen molar-refractivity contribution in [1.29, 1.82) is 0 Å². The molecular formula is C20H19ClF3N3O. The predicted molar refractivity (Wildman–Crippen MR) is 103 cm³/mol. The van der Waals surface area contributed by atoms with Crippen LogP contribution >= 0.6 is 11.6 Å². The standard InChI is InChI=1S/C20H19ClF3N3O/c21-15-11-14(7-9-16(15)22)26-20(25-13-4-2-1-3-5-13)27-19(28)12-6-8-17(23)18(24)10-12/h6-11,13H,1-5H2,(H2,25,26,27,28). The summed E-state index contributed by atoms with van der Waals surface area (Å²) in [7, 11) is 0. The molecule has 0 bridgehead atoms. The molecule has 4 nitrogen and oxygen atoms in total. The monoisotopic (exact) mass is 409 g/mol. The van der Waals surface area contributed by atoms with Crippen molar-refractivity contribution in [2.75, 3.05) is 5.32 Å². The van der Waals surface area contributed by atoms with Gasteiger partial charge in [-0.1, -0.05) is 30.9 Å². The molecule has 0 aromatic heterocycles. The summed E-state index contributed by atoms with van der Waals surface area (Å²) in [5.41, 5.74) is 0.390. The summed E-state index contributed by atoms with van der Waals surface area (Å²) in [5.74, 6) is -3.22. The highest BCUT2D eigenvalue weighted by Crippen LogP contribution is 2.22. The molecule has 28 heavy (non-hydrogen) atoms. The van der Waals surface area contributed by atoms with E-state index < -0.39 is 23.4 Å². The fraction of sp³-hybridized carbons (Fsp3) is 0.300. The Balaban J connectivity index is 1.82. The van der Waals surface area contributed by atoms with Crippen molar-refractivity contribution in [3.63, 3.8) is 0 Å². The minimum atomic E-state index is -1.11. The Morgan fingerprint density at radius 1 is 0.964 bits per heavy atom. The number of hydrogen-bond donors (Lipinski definition) is 2. The molecule has 0 aliphatic heterocycles. The van der Waals surface area contributed by atoms with Crippen molar-refractivity contribution >= 4 is 29.2 Å². The van der Waals surface area contributed by atoms with Gasteiger partial charge in [-0.3, -0.25) is 10.1 Å². The van der Waals surface area contributed by atoms with Gasteiger partial charge in [0, 0.05) is 11.3 Å². The SMILES string of the molecule is O=C(NC(=NC1CCCCC1)Nc1ccc(F)c(Cl)c1)c1ccc(F)c(F)c1. The van der Waals surface area contributed by atoms with Crippen LogP contribution in [0.1, 0.15) is 42.5 Å². The quantitative estimate of drug-likeness (QED) is 0.534. The first-order chi connectivity index (χ1) is 13.4. The van der Waals surface area contributed by atoms with Gasteiger partial charge >= 0.3 is 0 Å². The molecule has 0 radical (unpaired) electrons. The number of nitrogens with zero attached hydrogens (tertiary/aromatic N) is 1. The number of nitrogens with one attached hydrogen (secondary N) is 2. The number of amides is 1. The second-order valence-corrected chi connectivity index (χ2v) is 7.01. The molecule has 2 aromatic carbocycles. The number of carbonyl (C=O) groups excluding carboxylic acids is 1. The highest BCUT2D eigenvalue weighted by atomic mass is 35.5. The topological polar surface area (TPSA) is 53.5 Å². The van der Waals surface area contributed by atoms with E-state index in [0.29, 0.717) is 5.69 Å². The van der Waals surface area contributed by atoms with Crippen molar-refractivity contribution in [3.8, 4) is 0 Å². The molecule has 8 heteroatoms. The summed E-state index contributed by atoms with van der Waals surface area (Å²) in [6, 6.07) is 6.93. The summed E-state index contributed by atoms with van der Waals surface area (Å²) in [4.78, 5) is 17.0. The maximum Gasteiger partial charge on any atom is 0.258 e. The number of halogens is 4. The summed E-state index contributed by atoms with van der Waals surface area (Å²) in [5, 5.41) is 5.43. The average molecular weight is 410 g/mol. The van der Waals surface area contributed by atoms with E-state index in [1.165, 1.54) is 24.3 Å². The van der Waals surface area contributed by atoms with Crippen LogP contribution in [0.15, 0.2) is 41.4 Å². The van der Waals surface area contributed by atoms with Crippen LogP contribution in [0, 0.1) is 17.5 Å². The second-order valence-electron chi connectivity index (χ2n) is 6.61. The molecule has 0 unspecified atom stereocenters. The minimum absolute atomic E-state index is 0.0254. The molecule has 1 saturated carbocycles.